The van der Waals surface area contributed by atoms with E-state index >= 15 is 0 Å². The summed E-state index contributed by atoms with van der Waals surface area (Å²) >= 11 is 1.68. The van der Waals surface area contributed by atoms with Crippen LogP contribution in [0.15, 0.2) is 88.4 Å². The number of aromatic amines is 1. The summed E-state index contributed by atoms with van der Waals surface area (Å²) in [7, 11) is 0. The van der Waals surface area contributed by atoms with Gasteiger partial charge in [-0.25, -0.2) is 4.68 Å². The second kappa shape index (κ2) is 7.46. The smallest absolute Gasteiger partial charge is 0.277 e. The zero-order chi connectivity index (χ0) is 21.7. The standard InChI is InChI=1S/C25H20N4O2S/c30-19-13-16(20-9-5-11-32-20)12-18-22(19)21(15-6-4-10-26-14-15)23-24(27-18)28-29(25(23)31)17-7-2-1-3-8-17/h1-11,14,16,21,27-28H,12-13H2. The van der Waals surface area contributed by atoms with Crippen molar-refractivity contribution in [3.63, 3.8) is 0 Å². The van der Waals surface area contributed by atoms with E-state index in [0.717, 1.165) is 23.4 Å². The van der Waals surface area contributed by atoms with Gasteiger partial charge in [-0.1, -0.05) is 30.3 Å². The van der Waals surface area contributed by atoms with Gasteiger partial charge in [-0.15, -0.1) is 11.3 Å². The number of H-pyrrole nitrogens is 1. The van der Waals surface area contributed by atoms with E-state index in [4.69, 9.17) is 0 Å². The van der Waals surface area contributed by atoms with Gasteiger partial charge in [-0.05, 0) is 41.6 Å². The number of Topliss-reactive ketones (excluding diaryl/α,β-unsaturated/α-hetero) is 1. The van der Waals surface area contributed by atoms with E-state index in [9.17, 15) is 9.59 Å². The minimum absolute atomic E-state index is 0.0866. The number of para-hydroxylation sites is 1. The summed E-state index contributed by atoms with van der Waals surface area (Å²) < 4.78 is 1.54. The van der Waals surface area contributed by atoms with Crippen LogP contribution in [0.4, 0.5) is 5.82 Å². The summed E-state index contributed by atoms with van der Waals surface area (Å²) in [6, 6.07) is 17.4. The third kappa shape index (κ3) is 2.97. The lowest BCUT2D eigenvalue weighted by atomic mass is 9.74. The molecule has 0 amide bonds. The number of benzene rings is 1. The number of aromatic nitrogens is 3. The van der Waals surface area contributed by atoms with Crippen LogP contribution in [0.5, 0.6) is 0 Å². The van der Waals surface area contributed by atoms with E-state index in [1.807, 2.05) is 53.9 Å². The molecule has 0 spiro atoms. The highest BCUT2D eigenvalue weighted by atomic mass is 32.1. The van der Waals surface area contributed by atoms with Gasteiger partial charge in [0, 0.05) is 46.8 Å². The maximum absolute atomic E-state index is 13.6. The highest BCUT2D eigenvalue weighted by molar-refractivity contribution is 7.10. The molecule has 0 saturated carbocycles. The van der Waals surface area contributed by atoms with Crippen LogP contribution in [0.25, 0.3) is 5.69 Å². The summed E-state index contributed by atoms with van der Waals surface area (Å²) in [4.78, 5) is 32.5. The largest absolute Gasteiger partial charge is 0.343 e. The molecule has 1 aromatic carbocycles. The van der Waals surface area contributed by atoms with Crippen molar-refractivity contribution in [2.75, 3.05) is 5.32 Å². The molecule has 158 valence electrons. The quantitative estimate of drug-likeness (QED) is 0.489. The average molecular weight is 441 g/mol. The molecule has 7 heteroatoms. The van der Waals surface area contributed by atoms with Crippen molar-refractivity contribution in [1.29, 1.82) is 0 Å². The fourth-order valence-electron chi connectivity index (χ4n) is 4.86. The number of nitrogens with one attached hydrogen (secondary N) is 2. The minimum Gasteiger partial charge on any atom is -0.343 e. The molecule has 6 nitrogen and oxygen atoms in total. The Bertz CT molecular complexity index is 1380. The first-order chi connectivity index (χ1) is 15.7. The van der Waals surface area contributed by atoms with E-state index in [0.29, 0.717) is 23.4 Å². The van der Waals surface area contributed by atoms with Crippen LogP contribution >= 0.6 is 11.3 Å². The molecule has 0 bridgehead atoms. The van der Waals surface area contributed by atoms with E-state index in [-0.39, 0.29) is 17.3 Å². The molecule has 0 fully saturated rings. The van der Waals surface area contributed by atoms with E-state index in [1.165, 1.54) is 4.88 Å². The first-order valence-electron chi connectivity index (χ1n) is 10.6. The molecular formula is C25H20N4O2S. The number of thiophene rings is 1. The Hall–Kier alpha value is -3.71. The monoisotopic (exact) mass is 440 g/mol. The Kier molecular flexibility index (Phi) is 4.43. The highest BCUT2D eigenvalue weighted by Gasteiger charge is 2.41. The van der Waals surface area contributed by atoms with Gasteiger partial charge in [0.1, 0.15) is 5.82 Å². The molecular weight excluding hydrogens is 420 g/mol. The Balaban J connectivity index is 1.53. The number of rotatable bonds is 3. The summed E-state index contributed by atoms with van der Waals surface area (Å²) in [5.41, 5.74) is 3.58. The van der Waals surface area contributed by atoms with Gasteiger partial charge >= 0.3 is 0 Å². The van der Waals surface area contributed by atoms with Gasteiger partial charge in [0.2, 0.25) is 0 Å². The summed E-state index contributed by atoms with van der Waals surface area (Å²) in [6.45, 7) is 0. The molecule has 2 atom stereocenters. The molecule has 32 heavy (non-hydrogen) atoms. The minimum atomic E-state index is -0.444. The first-order valence-corrected chi connectivity index (χ1v) is 11.5. The van der Waals surface area contributed by atoms with E-state index in [2.05, 4.69) is 21.5 Å². The number of nitrogens with zero attached hydrogens (tertiary/aromatic N) is 2. The van der Waals surface area contributed by atoms with Crippen molar-refractivity contribution in [2.45, 2.75) is 24.7 Å². The summed E-state index contributed by atoms with van der Waals surface area (Å²) in [5, 5.41) is 8.71. The zero-order valence-corrected chi connectivity index (χ0v) is 17.9. The van der Waals surface area contributed by atoms with Gasteiger partial charge in [-0.2, -0.15) is 0 Å². The lowest BCUT2D eigenvalue weighted by molar-refractivity contribution is -0.116. The second-order valence-electron chi connectivity index (χ2n) is 8.16. The number of anilines is 1. The highest BCUT2D eigenvalue weighted by Crippen LogP contribution is 2.47. The van der Waals surface area contributed by atoms with Crippen molar-refractivity contribution in [3.05, 3.63) is 110 Å². The third-order valence-electron chi connectivity index (χ3n) is 6.27. The number of fused-ring (bicyclic) bond motifs is 1. The molecule has 4 heterocycles. The number of hydrogen-bond donors (Lipinski definition) is 2. The third-order valence-corrected chi connectivity index (χ3v) is 7.30. The summed E-state index contributed by atoms with van der Waals surface area (Å²) in [6.07, 6.45) is 4.64. The predicted octanol–water partition coefficient (Wildman–Crippen LogP) is 4.58. The van der Waals surface area contributed by atoms with Gasteiger partial charge in [0.25, 0.3) is 5.56 Å². The molecule has 2 unspecified atom stereocenters. The van der Waals surface area contributed by atoms with Crippen LogP contribution in [-0.2, 0) is 4.79 Å². The summed E-state index contributed by atoms with van der Waals surface area (Å²) in [5.74, 6) is 0.433. The molecule has 6 rings (SSSR count). The van der Waals surface area contributed by atoms with Crippen LogP contribution in [0.1, 0.15) is 40.7 Å². The Morgan fingerprint density at radius 3 is 2.62 bits per heavy atom. The Morgan fingerprint density at radius 2 is 1.88 bits per heavy atom. The Morgan fingerprint density at radius 1 is 1.00 bits per heavy atom. The lowest BCUT2D eigenvalue weighted by Crippen LogP contribution is -2.31. The van der Waals surface area contributed by atoms with Crippen LogP contribution in [0.3, 0.4) is 0 Å². The van der Waals surface area contributed by atoms with Gasteiger partial charge in [0.05, 0.1) is 11.3 Å². The molecule has 1 aliphatic heterocycles. The fraction of sp³-hybridized carbons (Fsp3) is 0.160. The predicted molar refractivity (Wildman–Crippen MR) is 124 cm³/mol. The molecule has 3 aromatic heterocycles. The molecule has 2 aliphatic rings. The zero-order valence-electron chi connectivity index (χ0n) is 17.1. The molecule has 0 saturated heterocycles. The van der Waals surface area contributed by atoms with Gasteiger partial charge in [-0.3, -0.25) is 19.7 Å². The molecule has 0 radical (unpaired) electrons. The van der Waals surface area contributed by atoms with Crippen molar-refractivity contribution in [3.8, 4) is 5.69 Å². The van der Waals surface area contributed by atoms with Crippen molar-refractivity contribution >= 4 is 22.9 Å². The van der Waals surface area contributed by atoms with Crippen LogP contribution in [-0.4, -0.2) is 20.5 Å². The molecule has 2 N–H and O–H groups in total. The van der Waals surface area contributed by atoms with Crippen LogP contribution in [0.2, 0.25) is 0 Å². The number of ketones is 1. The fourth-order valence-corrected chi connectivity index (χ4v) is 5.69. The van der Waals surface area contributed by atoms with Crippen molar-refractivity contribution < 1.29 is 4.79 Å². The van der Waals surface area contributed by atoms with E-state index < -0.39 is 5.92 Å². The Labute approximate surface area is 188 Å². The molecule has 1 aliphatic carbocycles. The van der Waals surface area contributed by atoms with Crippen molar-refractivity contribution in [2.24, 2.45) is 0 Å². The number of carbonyl (C=O) groups excluding carboxylic acids is 1. The number of carbonyl (C=O) groups is 1. The van der Waals surface area contributed by atoms with Crippen molar-refractivity contribution in [1.82, 2.24) is 14.8 Å². The maximum Gasteiger partial charge on any atom is 0.277 e. The lowest BCUT2D eigenvalue weighted by Gasteiger charge is -2.34. The maximum atomic E-state index is 13.6. The molecule has 4 aromatic rings. The van der Waals surface area contributed by atoms with Crippen LogP contribution in [0, 0.1) is 0 Å². The average Bonchev–Trinajstić information content (AvgIpc) is 3.47. The van der Waals surface area contributed by atoms with Gasteiger partial charge < -0.3 is 5.32 Å². The number of pyridine rings is 1. The van der Waals surface area contributed by atoms with E-state index in [1.54, 1.807) is 28.4 Å². The normalized spacial score (nSPS) is 19.9. The number of hydrogen-bond acceptors (Lipinski definition) is 5. The first kappa shape index (κ1) is 19.0. The van der Waals surface area contributed by atoms with Crippen LogP contribution < -0.4 is 10.9 Å². The topological polar surface area (TPSA) is 79.8 Å². The second-order valence-corrected chi connectivity index (χ2v) is 9.14. The number of allylic oxidation sites excluding steroid dienone is 2. The SMILES string of the molecule is O=C1CC(c2cccs2)CC2=C1C(c1cccnc1)c1c([nH]n(-c3ccccc3)c1=O)N2. The van der Waals surface area contributed by atoms with Gasteiger partial charge in [0.15, 0.2) is 5.78 Å².